The van der Waals surface area contributed by atoms with Gasteiger partial charge in [-0.3, -0.25) is 14.8 Å². The van der Waals surface area contributed by atoms with Crippen LogP contribution in [0.25, 0.3) is 0 Å². The lowest BCUT2D eigenvalue weighted by Gasteiger charge is -2.38. The van der Waals surface area contributed by atoms with Crippen LogP contribution in [0.2, 0.25) is 0 Å². The summed E-state index contributed by atoms with van der Waals surface area (Å²) in [6, 6.07) is 11.0. The zero-order valence-electron chi connectivity index (χ0n) is 15.1. The number of hydrogen-bond acceptors (Lipinski definition) is 4. The summed E-state index contributed by atoms with van der Waals surface area (Å²) in [7, 11) is 0. The normalized spacial score (nSPS) is 24.8. The van der Waals surface area contributed by atoms with Crippen molar-refractivity contribution in [2.75, 3.05) is 32.8 Å². The Kier molecular flexibility index (Phi) is 5.58. The van der Waals surface area contributed by atoms with E-state index in [4.69, 9.17) is 4.74 Å². The molecule has 26 heavy (non-hydrogen) atoms. The van der Waals surface area contributed by atoms with Gasteiger partial charge in [-0.15, -0.1) is 0 Å². The number of pyridine rings is 1. The third-order valence-electron chi connectivity index (χ3n) is 5.49. The van der Waals surface area contributed by atoms with Crippen molar-refractivity contribution in [3.63, 3.8) is 0 Å². The summed E-state index contributed by atoms with van der Waals surface area (Å²) in [6.45, 7) is 6.74. The lowest BCUT2D eigenvalue weighted by atomic mass is 9.93. The molecule has 2 aliphatic rings. The van der Waals surface area contributed by atoms with Crippen molar-refractivity contribution >= 4 is 0 Å². The van der Waals surface area contributed by atoms with Crippen LogP contribution >= 0.6 is 0 Å². The molecule has 1 aromatic heterocycles. The van der Waals surface area contributed by atoms with Crippen LogP contribution in [0.4, 0.5) is 4.39 Å². The summed E-state index contributed by atoms with van der Waals surface area (Å²) in [5, 5.41) is 0. The van der Waals surface area contributed by atoms with Crippen molar-refractivity contribution in [2.45, 2.75) is 25.6 Å². The third kappa shape index (κ3) is 4.47. The summed E-state index contributed by atoms with van der Waals surface area (Å²) in [5.41, 5.74) is 2.48. The SMILES string of the molecule is Fc1ccc(CN2CC[C@@H]3CN(Cc4ccncc4)CCO[C@@H]3C2)cc1. The van der Waals surface area contributed by atoms with Crippen molar-refractivity contribution in [2.24, 2.45) is 5.92 Å². The van der Waals surface area contributed by atoms with Crippen LogP contribution in [0.15, 0.2) is 48.8 Å². The van der Waals surface area contributed by atoms with Crippen molar-refractivity contribution in [3.8, 4) is 0 Å². The van der Waals surface area contributed by atoms with Crippen LogP contribution < -0.4 is 0 Å². The second-order valence-corrected chi connectivity index (χ2v) is 7.41. The number of nitrogens with zero attached hydrogens (tertiary/aromatic N) is 3. The van der Waals surface area contributed by atoms with Gasteiger partial charge in [-0.2, -0.15) is 0 Å². The number of ether oxygens (including phenoxy) is 1. The quantitative estimate of drug-likeness (QED) is 0.843. The number of aromatic nitrogens is 1. The zero-order valence-corrected chi connectivity index (χ0v) is 15.1. The average molecular weight is 355 g/mol. The minimum atomic E-state index is -0.172. The van der Waals surface area contributed by atoms with Gasteiger partial charge in [0.1, 0.15) is 5.82 Å². The molecule has 3 heterocycles. The maximum Gasteiger partial charge on any atom is 0.123 e. The summed E-state index contributed by atoms with van der Waals surface area (Å²) < 4.78 is 19.3. The Morgan fingerprint density at radius 2 is 1.62 bits per heavy atom. The van der Waals surface area contributed by atoms with Crippen LogP contribution in [-0.2, 0) is 17.8 Å². The van der Waals surface area contributed by atoms with Crippen molar-refractivity contribution in [3.05, 3.63) is 65.7 Å². The van der Waals surface area contributed by atoms with Gasteiger partial charge in [0.15, 0.2) is 0 Å². The topological polar surface area (TPSA) is 28.6 Å². The molecule has 0 aliphatic carbocycles. The van der Waals surface area contributed by atoms with E-state index in [0.29, 0.717) is 12.0 Å². The van der Waals surface area contributed by atoms with Crippen molar-refractivity contribution in [1.29, 1.82) is 0 Å². The summed E-state index contributed by atoms with van der Waals surface area (Å²) in [6.07, 6.45) is 5.17. The van der Waals surface area contributed by atoms with Crippen LogP contribution in [-0.4, -0.2) is 53.7 Å². The van der Waals surface area contributed by atoms with Gasteiger partial charge in [0.05, 0.1) is 12.7 Å². The largest absolute Gasteiger partial charge is 0.375 e. The van der Waals surface area contributed by atoms with Crippen molar-refractivity contribution < 1.29 is 9.13 Å². The third-order valence-corrected chi connectivity index (χ3v) is 5.49. The van der Waals surface area contributed by atoms with Gasteiger partial charge in [-0.1, -0.05) is 12.1 Å². The van der Waals surface area contributed by atoms with Gasteiger partial charge in [0.25, 0.3) is 0 Å². The van der Waals surface area contributed by atoms with E-state index in [-0.39, 0.29) is 5.82 Å². The van der Waals surface area contributed by atoms with E-state index in [1.165, 1.54) is 5.56 Å². The highest BCUT2D eigenvalue weighted by Crippen LogP contribution is 2.26. The first-order valence-electron chi connectivity index (χ1n) is 9.46. The molecule has 2 atom stereocenters. The van der Waals surface area contributed by atoms with E-state index in [0.717, 1.165) is 57.9 Å². The molecule has 0 saturated carbocycles. The molecule has 2 fully saturated rings. The first kappa shape index (κ1) is 17.6. The highest BCUT2D eigenvalue weighted by Gasteiger charge is 2.33. The molecular formula is C21H26FN3O. The zero-order chi connectivity index (χ0) is 17.8. The Morgan fingerprint density at radius 1 is 0.923 bits per heavy atom. The highest BCUT2D eigenvalue weighted by molar-refractivity contribution is 5.16. The lowest BCUT2D eigenvalue weighted by molar-refractivity contribution is -0.0242. The maximum atomic E-state index is 13.1. The molecule has 0 amide bonds. The fourth-order valence-corrected chi connectivity index (χ4v) is 4.06. The standard InChI is InChI=1S/C21H26FN3O/c22-20-3-1-17(2-4-20)13-24-10-7-19-15-25(11-12-26-21(19)16-24)14-18-5-8-23-9-6-18/h1-6,8-9,19,21H,7,10-16H2/t19-,21-/m1/s1. The number of fused-ring (bicyclic) bond motifs is 1. The molecule has 2 aromatic rings. The highest BCUT2D eigenvalue weighted by atomic mass is 19.1. The molecule has 0 N–H and O–H groups in total. The maximum absolute atomic E-state index is 13.1. The fourth-order valence-electron chi connectivity index (χ4n) is 4.06. The fraction of sp³-hybridized carbons (Fsp3) is 0.476. The van der Waals surface area contributed by atoms with Gasteiger partial charge >= 0.3 is 0 Å². The molecule has 138 valence electrons. The molecule has 1 aromatic carbocycles. The molecule has 0 radical (unpaired) electrons. The molecule has 4 nitrogen and oxygen atoms in total. The number of likely N-dealkylation sites (tertiary alicyclic amines) is 1. The molecule has 2 aliphatic heterocycles. The van der Waals surface area contributed by atoms with Gasteiger partial charge in [0.2, 0.25) is 0 Å². The minimum Gasteiger partial charge on any atom is -0.375 e. The van der Waals surface area contributed by atoms with Gasteiger partial charge < -0.3 is 4.74 Å². The molecule has 4 rings (SSSR count). The Hall–Kier alpha value is -1.82. The predicted molar refractivity (Wildman–Crippen MR) is 99.0 cm³/mol. The predicted octanol–water partition coefficient (Wildman–Crippen LogP) is 2.94. The van der Waals surface area contributed by atoms with Gasteiger partial charge in [0, 0.05) is 51.0 Å². The second-order valence-electron chi connectivity index (χ2n) is 7.41. The smallest absolute Gasteiger partial charge is 0.123 e. The minimum absolute atomic E-state index is 0.172. The molecule has 0 bridgehead atoms. The van der Waals surface area contributed by atoms with Crippen LogP contribution in [0, 0.1) is 11.7 Å². The van der Waals surface area contributed by atoms with Crippen LogP contribution in [0.3, 0.4) is 0 Å². The lowest BCUT2D eigenvalue weighted by Crippen LogP contribution is -2.46. The summed E-state index contributed by atoms with van der Waals surface area (Å²) in [5.74, 6) is 0.414. The number of rotatable bonds is 4. The number of hydrogen-bond donors (Lipinski definition) is 0. The first-order chi connectivity index (χ1) is 12.8. The number of halogens is 1. The Labute approximate surface area is 154 Å². The molecule has 0 spiro atoms. The van der Waals surface area contributed by atoms with E-state index in [2.05, 4.69) is 26.9 Å². The molecule has 5 heteroatoms. The Bertz CT molecular complexity index is 694. The van der Waals surface area contributed by atoms with E-state index >= 15 is 0 Å². The Morgan fingerprint density at radius 3 is 2.38 bits per heavy atom. The van der Waals surface area contributed by atoms with Gasteiger partial charge in [-0.25, -0.2) is 4.39 Å². The number of piperidine rings is 1. The monoisotopic (exact) mass is 355 g/mol. The average Bonchev–Trinajstić information content (AvgIpc) is 2.86. The summed E-state index contributed by atoms with van der Waals surface area (Å²) in [4.78, 5) is 9.05. The van der Waals surface area contributed by atoms with Gasteiger partial charge in [-0.05, 0) is 48.4 Å². The molecule has 0 unspecified atom stereocenters. The summed E-state index contributed by atoms with van der Waals surface area (Å²) >= 11 is 0. The van der Waals surface area contributed by atoms with Crippen LogP contribution in [0.5, 0.6) is 0 Å². The van der Waals surface area contributed by atoms with E-state index < -0.39 is 0 Å². The second kappa shape index (κ2) is 8.25. The first-order valence-corrected chi connectivity index (χ1v) is 9.46. The number of benzene rings is 1. The van der Waals surface area contributed by atoms with E-state index in [9.17, 15) is 4.39 Å². The van der Waals surface area contributed by atoms with E-state index in [1.807, 2.05) is 24.5 Å². The molecule has 2 saturated heterocycles. The van der Waals surface area contributed by atoms with Crippen LogP contribution in [0.1, 0.15) is 17.5 Å². The molecular weight excluding hydrogens is 329 g/mol. The van der Waals surface area contributed by atoms with E-state index in [1.54, 1.807) is 12.1 Å². The Balaban J connectivity index is 1.33. The van der Waals surface area contributed by atoms with Crippen molar-refractivity contribution in [1.82, 2.24) is 14.8 Å².